The highest BCUT2D eigenvalue weighted by Crippen LogP contribution is 2.24. The number of fused-ring (bicyclic) bond motifs is 1. The Morgan fingerprint density at radius 3 is 2.77 bits per heavy atom. The van der Waals surface area contributed by atoms with Gasteiger partial charge in [-0.3, -0.25) is 4.79 Å². The molecule has 0 atom stereocenters. The summed E-state index contributed by atoms with van der Waals surface area (Å²) in [7, 11) is 1.68. The minimum absolute atomic E-state index is 0.206. The normalized spacial score (nSPS) is 12.1. The van der Waals surface area contributed by atoms with Crippen molar-refractivity contribution in [2.75, 3.05) is 20.0 Å². The molecule has 1 aromatic heterocycles. The molecule has 6 heteroatoms. The largest absolute Gasteiger partial charge is 0.383 e. The van der Waals surface area contributed by atoms with Crippen molar-refractivity contribution in [1.29, 1.82) is 0 Å². The fourth-order valence-electron chi connectivity index (χ4n) is 2.96. The first kappa shape index (κ1) is 18.9. The zero-order valence-electron chi connectivity index (χ0n) is 15.4. The molecule has 0 radical (unpaired) electrons. The first-order chi connectivity index (χ1) is 12.5. The first-order valence-corrected chi connectivity index (χ1v) is 10.4. The maximum absolute atomic E-state index is 12.8. The van der Waals surface area contributed by atoms with E-state index in [1.807, 2.05) is 30.5 Å². The number of methoxy groups -OCH3 is 1. The standard InChI is InChI=1S/C20H22N2O2S2/c1-13-11-14(2)18-16(12-13)22(9-10-24-3)20(26-18)21-19(23)15-7-5-6-8-17(15)25-4/h5-8,11-12H,9-10H2,1-4H3. The van der Waals surface area contributed by atoms with Crippen LogP contribution in [0, 0.1) is 13.8 Å². The van der Waals surface area contributed by atoms with Crippen LogP contribution in [0.4, 0.5) is 0 Å². The number of benzene rings is 2. The van der Waals surface area contributed by atoms with Crippen molar-refractivity contribution in [2.24, 2.45) is 4.99 Å². The minimum atomic E-state index is -0.206. The summed E-state index contributed by atoms with van der Waals surface area (Å²) >= 11 is 3.12. The second-order valence-corrected chi connectivity index (χ2v) is 7.90. The van der Waals surface area contributed by atoms with Gasteiger partial charge in [0, 0.05) is 18.6 Å². The van der Waals surface area contributed by atoms with Gasteiger partial charge in [0.1, 0.15) is 0 Å². The van der Waals surface area contributed by atoms with E-state index in [0.717, 1.165) is 15.1 Å². The second-order valence-electron chi connectivity index (χ2n) is 6.08. The van der Waals surface area contributed by atoms with Crippen LogP contribution in [0.1, 0.15) is 21.5 Å². The van der Waals surface area contributed by atoms with E-state index < -0.39 is 0 Å². The summed E-state index contributed by atoms with van der Waals surface area (Å²) in [6.07, 6.45) is 1.97. The summed E-state index contributed by atoms with van der Waals surface area (Å²) in [5.41, 5.74) is 4.15. The number of aromatic nitrogens is 1. The van der Waals surface area contributed by atoms with E-state index >= 15 is 0 Å². The molecule has 0 unspecified atom stereocenters. The summed E-state index contributed by atoms with van der Waals surface area (Å²) < 4.78 is 8.51. The average molecular weight is 387 g/mol. The highest BCUT2D eigenvalue weighted by atomic mass is 32.2. The Bertz CT molecular complexity index is 1020. The number of ether oxygens (including phenoxy) is 1. The molecule has 1 amide bonds. The van der Waals surface area contributed by atoms with Gasteiger partial charge in [-0.1, -0.05) is 29.5 Å². The molecule has 2 aromatic carbocycles. The molecule has 136 valence electrons. The van der Waals surface area contributed by atoms with Crippen LogP contribution >= 0.6 is 23.1 Å². The van der Waals surface area contributed by atoms with Crippen molar-refractivity contribution in [3.05, 3.63) is 57.9 Å². The molecule has 0 saturated heterocycles. The predicted octanol–water partition coefficient (Wildman–Crippen LogP) is 4.43. The van der Waals surface area contributed by atoms with Gasteiger partial charge in [0.05, 0.1) is 22.4 Å². The lowest BCUT2D eigenvalue weighted by atomic mass is 10.1. The quantitative estimate of drug-likeness (QED) is 0.609. The summed E-state index contributed by atoms with van der Waals surface area (Å²) in [6, 6.07) is 11.9. The molecule has 0 aliphatic carbocycles. The summed E-state index contributed by atoms with van der Waals surface area (Å²) in [4.78, 5) is 19.0. The number of aryl methyl sites for hydroxylation is 2. The lowest BCUT2D eigenvalue weighted by Crippen LogP contribution is -2.19. The van der Waals surface area contributed by atoms with Gasteiger partial charge in [-0.15, -0.1) is 11.8 Å². The van der Waals surface area contributed by atoms with Crippen LogP contribution in [-0.2, 0) is 11.3 Å². The number of carbonyl (C=O) groups excluding carboxylic acids is 1. The topological polar surface area (TPSA) is 43.6 Å². The number of hydrogen-bond donors (Lipinski definition) is 0. The molecule has 0 aliphatic heterocycles. The Labute approximate surface area is 161 Å². The van der Waals surface area contributed by atoms with E-state index in [1.165, 1.54) is 11.1 Å². The van der Waals surface area contributed by atoms with Crippen molar-refractivity contribution < 1.29 is 9.53 Å². The van der Waals surface area contributed by atoms with E-state index in [9.17, 15) is 4.79 Å². The molecule has 0 saturated carbocycles. The van der Waals surface area contributed by atoms with Gasteiger partial charge in [-0.05, 0) is 49.4 Å². The van der Waals surface area contributed by atoms with Crippen LogP contribution in [0.15, 0.2) is 46.3 Å². The number of thiazole rings is 1. The third-order valence-corrected chi connectivity index (χ3v) is 6.19. The molecule has 0 N–H and O–H groups in total. The van der Waals surface area contributed by atoms with Crippen molar-refractivity contribution >= 4 is 39.2 Å². The Hall–Kier alpha value is -1.89. The Balaban J connectivity index is 2.18. The van der Waals surface area contributed by atoms with Gasteiger partial charge in [-0.25, -0.2) is 0 Å². The number of rotatable bonds is 5. The van der Waals surface area contributed by atoms with E-state index in [-0.39, 0.29) is 5.91 Å². The molecule has 3 aromatic rings. The Morgan fingerprint density at radius 2 is 2.04 bits per heavy atom. The Morgan fingerprint density at radius 1 is 1.27 bits per heavy atom. The van der Waals surface area contributed by atoms with Crippen LogP contribution in [-0.4, -0.2) is 30.4 Å². The molecule has 0 fully saturated rings. The van der Waals surface area contributed by atoms with Crippen molar-refractivity contribution in [3.8, 4) is 0 Å². The molecule has 0 aliphatic rings. The van der Waals surface area contributed by atoms with E-state index in [4.69, 9.17) is 4.74 Å². The smallest absolute Gasteiger partial charge is 0.280 e. The minimum Gasteiger partial charge on any atom is -0.383 e. The van der Waals surface area contributed by atoms with Crippen LogP contribution in [0.3, 0.4) is 0 Å². The van der Waals surface area contributed by atoms with Gasteiger partial charge in [0.25, 0.3) is 5.91 Å². The molecule has 4 nitrogen and oxygen atoms in total. The van der Waals surface area contributed by atoms with Gasteiger partial charge >= 0.3 is 0 Å². The monoisotopic (exact) mass is 386 g/mol. The number of amides is 1. The highest BCUT2D eigenvalue weighted by Gasteiger charge is 2.13. The molecule has 1 heterocycles. The van der Waals surface area contributed by atoms with E-state index in [2.05, 4.69) is 35.5 Å². The van der Waals surface area contributed by atoms with E-state index in [0.29, 0.717) is 23.5 Å². The van der Waals surface area contributed by atoms with Gasteiger partial charge in [0.15, 0.2) is 4.80 Å². The Kier molecular flexibility index (Phi) is 5.96. The molecular formula is C20H22N2O2S2. The molecule has 26 heavy (non-hydrogen) atoms. The third kappa shape index (κ3) is 3.77. The third-order valence-electron chi connectivity index (χ3n) is 4.17. The lowest BCUT2D eigenvalue weighted by Gasteiger charge is -2.06. The highest BCUT2D eigenvalue weighted by molar-refractivity contribution is 7.98. The predicted molar refractivity (Wildman–Crippen MR) is 109 cm³/mol. The molecule has 3 rings (SSSR count). The summed E-state index contributed by atoms with van der Waals surface area (Å²) in [5.74, 6) is -0.206. The number of hydrogen-bond acceptors (Lipinski definition) is 4. The molecular weight excluding hydrogens is 364 g/mol. The fourth-order valence-corrected chi connectivity index (χ4v) is 4.66. The fraction of sp³-hybridized carbons (Fsp3) is 0.300. The zero-order chi connectivity index (χ0) is 18.7. The molecule has 0 bridgehead atoms. The number of nitrogens with zero attached hydrogens (tertiary/aromatic N) is 2. The molecule has 0 spiro atoms. The number of thioether (sulfide) groups is 1. The van der Waals surface area contributed by atoms with Crippen molar-refractivity contribution in [2.45, 2.75) is 25.3 Å². The maximum atomic E-state index is 12.8. The van der Waals surface area contributed by atoms with Crippen LogP contribution in [0.5, 0.6) is 0 Å². The first-order valence-electron chi connectivity index (χ1n) is 8.36. The van der Waals surface area contributed by atoms with Gasteiger partial charge < -0.3 is 9.30 Å². The maximum Gasteiger partial charge on any atom is 0.280 e. The zero-order valence-corrected chi connectivity index (χ0v) is 17.0. The second kappa shape index (κ2) is 8.20. The van der Waals surface area contributed by atoms with Crippen LogP contribution in [0.2, 0.25) is 0 Å². The summed E-state index contributed by atoms with van der Waals surface area (Å²) in [5, 5.41) is 0. The van der Waals surface area contributed by atoms with Gasteiger partial charge in [-0.2, -0.15) is 4.99 Å². The van der Waals surface area contributed by atoms with Crippen LogP contribution < -0.4 is 4.80 Å². The summed E-state index contributed by atoms with van der Waals surface area (Å²) in [6.45, 7) is 5.42. The van der Waals surface area contributed by atoms with Crippen LogP contribution in [0.25, 0.3) is 10.2 Å². The van der Waals surface area contributed by atoms with Crippen molar-refractivity contribution in [3.63, 3.8) is 0 Å². The van der Waals surface area contributed by atoms with Crippen molar-refractivity contribution in [1.82, 2.24) is 4.57 Å². The average Bonchev–Trinajstić information content (AvgIpc) is 2.97. The number of carbonyl (C=O) groups is 1. The SMILES string of the molecule is COCCn1c(=NC(=O)c2ccccc2SC)sc2c(C)cc(C)cc21. The van der Waals surface area contributed by atoms with Gasteiger partial charge in [0.2, 0.25) is 0 Å². The van der Waals surface area contributed by atoms with E-state index in [1.54, 1.807) is 30.2 Å². The lowest BCUT2D eigenvalue weighted by molar-refractivity contribution is 0.0994.